The van der Waals surface area contributed by atoms with Crippen LogP contribution in [0, 0.1) is 12.3 Å². The number of nitrogens with zero attached hydrogens (tertiary/aromatic N) is 7. The highest BCUT2D eigenvalue weighted by Gasteiger charge is 2.14. The van der Waals surface area contributed by atoms with Gasteiger partial charge in [0.05, 0.1) is 5.39 Å². The van der Waals surface area contributed by atoms with Gasteiger partial charge in [-0.15, -0.1) is 6.42 Å². The Morgan fingerprint density at radius 2 is 1.76 bits per heavy atom. The number of nitrogens with one attached hydrogen (secondary N) is 2. The van der Waals surface area contributed by atoms with E-state index in [1.165, 1.54) is 5.69 Å². The second-order valence-electron chi connectivity index (χ2n) is 8.08. The van der Waals surface area contributed by atoms with Crippen molar-refractivity contribution in [2.45, 2.75) is 0 Å². The normalized spacial score (nSPS) is 14.3. The molecule has 0 aliphatic carbocycles. The van der Waals surface area contributed by atoms with E-state index in [-0.39, 0.29) is 0 Å². The molecule has 4 aromatic rings. The van der Waals surface area contributed by atoms with Gasteiger partial charge in [0.25, 0.3) is 0 Å². The molecule has 0 bridgehead atoms. The lowest BCUT2D eigenvalue weighted by molar-refractivity contribution is 0.313. The molecule has 5 rings (SSSR count). The number of imidazole rings is 1. The van der Waals surface area contributed by atoms with Crippen LogP contribution in [0.15, 0.2) is 48.9 Å². The third kappa shape index (κ3) is 4.42. The Balaban J connectivity index is 1.37. The predicted octanol–water partition coefficient (Wildman–Crippen LogP) is 2.98. The van der Waals surface area contributed by atoms with Gasteiger partial charge in [-0.05, 0) is 37.4 Å². The number of aryl methyl sites for hydroxylation is 1. The summed E-state index contributed by atoms with van der Waals surface area (Å²) < 4.78 is 1.86. The van der Waals surface area contributed by atoms with Crippen LogP contribution >= 0.6 is 0 Å². The van der Waals surface area contributed by atoms with Gasteiger partial charge < -0.3 is 25.0 Å². The van der Waals surface area contributed by atoms with E-state index < -0.39 is 0 Å². The van der Waals surface area contributed by atoms with Crippen LogP contribution < -0.4 is 15.5 Å². The van der Waals surface area contributed by atoms with Crippen LogP contribution in [0.4, 0.5) is 29.1 Å². The average Bonchev–Trinajstić information content (AvgIpc) is 3.23. The van der Waals surface area contributed by atoms with Crippen molar-refractivity contribution in [1.82, 2.24) is 29.4 Å². The van der Waals surface area contributed by atoms with Gasteiger partial charge in [-0.3, -0.25) is 0 Å². The van der Waals surface area contributed by atoms with Crippen LogP contribution in [0.3, 0.4) is 0 Å². The first-order valence-electron chi connectivity index (χ1n) is 10.8. The van der Waals surface area contributed by atoms with Crippen molar-refractivity contribution in [3.05, 3.63) is 54.5 Å². The zero-order chi connectivity index (χ0) is 22.8. The molecule has 0 unspecified atom stereocenters. The summed E-state index contributed by atoms with van der Waals surface area (Å²) in [4.78, 5) is 22.7. The van der Waals surface area contributed by atoms with Crippen molar-refractivity contribution in [2.75, 3.05) is 48.8 Å². The van der Waals surface area contributed by atoms with Crippen molar-refractivity contribution < 1.29 is 0 Å². The minimum Gasteiger partial charge on any atom is -0.369 e. The number of rotatable bonds is 5. The fourth-order valence-corrected chi connectivity index (χ4v) is 3.80. The van der Waals surface area contributed by atoms with Crippen molar-refractivity contribution in [2.24, 2.45) is 7.05 Å². The van der Waals surface area contributed by atoms with Crippen molar-refractivity contribution in [1.29, 1.82) is 0 Å². The van der Waals surface area contributed by atoms with E-state index in [0.717, 1.165) is 37.3 Å². The molecule has 0 radical (unpaired) electrons. The molecule has 2 N–H and O–H groups in total. The summed E-state index contributed by atoms with van der Waals surface area (Å²) in [5.41, 5.74) is 3.30. The zero-order valence-electron chi connectivity index (χ0n) is 18.7. The quantitative estimate of drug-likeness (QED) is 0.459. The highest BCUT2D eigenvalue weighted by Crippen LogP contribution is 2.24. The number of likely N-dealkylation sites (N-methyl/N-ethyl adjacent to an activating group) is 1. The van der Waals surface area contributed by atoms with Crippen LogP contribution in [-0.2, 0) is 7.05 Å². The van der Waals surface area contributed by atoms with E-state index in [0.29, 0.717) is 28.9 Å². The number of fused-ring (bicyclic) bond motifs is 1. The molecule has 1 aliphatic heterocycles. The molecule has 0 saturated carbocycles. The molecule has 1 fully saturated rings. The Labute approximate surface area is 192 Å². The topological polar surface area (TPSA) is 87.0 Å². The van der Waals surface area contributed by atoms with Gasteiger partial charge in [0.2, 0.25) is 11.9 Å². The molecule has 4 heterocycles. The summed E-state index contributed by atoms with van der Waals surface area (Å²) in [6, 6.07) is 10.1. The molecule has 3 aromatic heterocycles. The number of aromatic nitrogens is 5. The zero-order valence-corrected chi connectivity index (χ0v) is 18.7. The highest BCUT2D eigenvalue weighted by atomic mass is 15.2. The Bertz CT molecular complexity index is 1310. The number of anilines is 5. The molecule has 1 aliphatic rings. The molecule has 0 spiro atoms. The maximum absolute atomic E-state index is 5.73. The third-order valence-corrected chi connectivity index (χ3v) is 5.77. The van der Waals surface area contributed by atoms with Crippen LogP contribution in [0.1, 0.15) is 5.56 Å². The van der Waals surface area contributed by atoms with Gasteiger partial charge in [0.15, 0.2) is 5.65 Å². The molecule has 33 heavy (non-hydrogen) atoms. The summed E-state index contributed by atoms with van der Waals surface area (Å²) in [5.74, 6) is 4.40. The lowest BCUT2D eigenvalue weighted by atomic mass is 10.2. The van der Waals surface area contributed by atoms with Gasteiger partial charge in [-0.2, -0.15) is 4.98 Å². The van der Waals surface area contributed by atoms with E-state index in [1.54, 1.807) is 18.5 Å². The van der Waals surface area contributed by atoms with Crippen LogP contribution in [0.2, 0.25) is 0 Å². The SMILES string of the molecule is C#Cc1cc(Nc2nccn2C)nc2nc(Nc3ccc(N4CCN(C)CC4)cc3)ncc12. The van der Waals surface area contributed by atoms with Gasteiger partial charge >= 0.3 is 0 Å². The fourth-order valence-electron chi connectivity index (χ4n) is 3.80. The Morgan fingerprint density at radius 3 is 2.45 bits per heavy atom. The van der Waals surface area contributed by atoms with Gasteiger partial charge in [-0.1, -0.05) is 5.92 Å². The molecular formula is C24H25N9. The number of hydrogen-bond donors (Lipinski definition) is 2. The van der Waals surface area contributed by atoms with Crippen molar-refractivity contribution in [3.8, 4) is 12.3 Å². The lowest BCUT2D eigenvalue weighted by Crippen LogP contribution is -2.44. The van der Waals surface area contributed by atoms with E-state index >= 15 is 0 Å². The smallest absolute Gasteiger partial charge is 0.229 e. The number of hydrogen-bond acceptors (Lipinski definition) is 8. The molecule has 0 atom stereocenters. The number of terminal acetylenes is 1. The Hall–Kier alpha value is -4.16. The predicted molar refractivity (Wildman–Crippen MR) is 131 cm³/mol. The summed E-state index contributed by atoms with van der Waals surface area (Å²) in [5, 5.41) is 7.17. The summed E-state index contributed by atoms with van der Waals surface area (Å²) in [6.07, 6.45) is 11.0. The first-order valence-corrected chi connectivity index (χ1v) is 10.8. The second kappa shape index (κ2) is 8.76. The molecule has 0 amide bonds. The van der Waals surface area contributed by atoms with Gasteiger partial charge in [0, 0.05) is 68.8 Å². The molecule has 9 heteroatoms. The number of pyridine rings is 1. The molecular weight excluding hydrogens is 414 g/mol. The minimum atomic E-state index is 0.458. The van der Waals surface area contributed by atoms with Gasteiger partial charge in [-0.25, -0.2) is 15.0 Å². The highest BCUT2D eigenvalue weighted by molar-refractivity contribution is 5.84. The molecule has 9 nitrogen and oxygen atoms in total. The largest absolute Gasteiger partial charge is 0.369 e. The molecule has 1 aromatic carbocycles. The lowest BCUT2D eigenvalue weighted by Gasteiger charge is -2.34. The van der Waals surface area contributed by atoms with E-state index in [9.17, 15) is 0 Å². The average molecular weight is 440 g/mol. The monoisotopic (exact) mass is 439 g/mol. The van der Waals surface area contributed by atoms with Gasteiger partial charge in [0.1, 0.15) is 5.82 Å². The van der Waals surface area contributed by atoms with Crippen molar-refractivity contribution in [3.63, 3.8) is 0 Å². The van der Waals surface area contributed by atoms with E-state index in [2.05, 4.69) is 65.5 Å². The van der Waals surface area contributed by atoms with Crippen LogP contribution in [-0.4, -0.2) is 62.6 Å². The standard InChI is InChI=1S/C24H25N9/c1-4-17-15-21(29-24-25-9-10-32(24)3)28-22-20(17)16-26-23(30-22)27-18-5-7-19(8-6-18)33-13-11-31(2)12-14-33/h1,5-10,15-16H,11-14H2,2-3H3,(H2,25,26,27,28,29,30). The minimum absolute atomic E-state index is 0.458. The first kappa shape index (κ1) is 20.7. The maximum Gasteiger partial charge on any atom is 0.229 e. The fraction of sp³-hybridized carbons (Fsp3) is 0.250. The first-order chi connectivity index (χ1) is 16.1. The number of piperazine rings is 1. The van der Waals surface area contributed by atoms with E-state index in [1.807, 2.05) is 29.9 Å². The second-order valence-corrected chi connectivity index (χ2v) is 8.08. The molecule has 1 saturated heterocycles. The van der Waals surface area contributed by atoms with E-state index in [4.69, 9.17) is 6.42 Å². The molecule has 166 valence electrons. The Kier molecular flexibility index (Phi) is 5.50. The third-order valence-electron chi connectivity index (χ3n) is 5.77. The Morgan fingerprint density at radius 1 is 0.970 bits per heavy atom. The van der Waals surface area contributed by atoms with Crippen molar-refractivity contribution >= 4 is 40.1 Å². The summed E-state index contributed by atoms with van der Waals surface area (Å²) >= 11 is 0. The van der Waals surface area contributed by atoms with Crippen LogP contribution in [0.25, 0.3) is 11.0 Å². The number of benzene rings is 1. The maximum atomic E-state index is 5.73. The van der Waals surface area contributed by atoms with Crippen LogP contribution in [0.5, 0.6) is 0 Å². The summed E-state index contributed by atoms with van der Waals surface area (Å²) in [6.45, 7) is 4.23. The summed E-state index contributed by atoms with van der Waals surface area (Å²) in [7, 11) is 4.06.